The van der Waals surface area contributed by atoms with Gasteiger partial charge >= 0.3 is 0 Å². The van der Waals surface area contributed by atoms with Crippen LogP contribution in [0.5, 0.6) is 0 Å². The van der Waals surface area contributed by atoms with E-state index in [2.05, 4.69) is 19.9 Å². The summed E-state index contributed by atoms with van der Waals surface area (Å²) in [5.74, 6) is 0.663. The molecule has 1 nitrogen and oxygen atoms in total. The first-order chi connectivity index (χ1) is 6.59. The molecule has 14 heavy (non-hydrogen) atoms. The van der Waals surface area contributed by atoms with Crippen molar-refractivity contribution in [1.82, 2.24) is 0 Å². The minimum Gasteiger partial charge on any atom is -0.289 e. The van der Waals surface area contributed by atoms with E-state index in [1.54, 1.807) is 0 Å². The Morgan fingerprint density at radius 2 is 1.93 bits per heavy atom. The molecule has 0 spiro atoms. The van der Waals surface area contributed by atoms with Crippen molar-refractivity contribution in [1.29, 1.82) is 0 Å². The maximum absolute atomic E-state index is 11.7. The molecule has 0 saturated heterocycles. The van der Waals surface area contributed by atoms with Gasteiger partial charge in [0, 0.05) is 5.56 Å². The van der Waals surface area contributed by atoms with E-state index in [4.69, 9.17) is 0 Å². The van der Waals surface area contributed by atoms with E-state index in [0.29, 0.717) is 5.92 Å². The molecule has 0 fully saturated rings. The van der Waals surface area contributed by atoms with Crippen LogP contribution in [-0.2, 0) is 0 Å². The number of Topliss-reactive ketones (excluding diaryl/α,β-unsaturated/α-hetero) is 1. The highest BCUT2D eigenvalue weighted by Gasteiger charge is 2.19. The van der Waals surface area contributed by atoms with Crippen LogP contribution in [0.2, 0.25) is 0 Å². The zero-order valence-corrected chi connectivity index (χ0v) is 8.79. The first-order valence-electron chi connectivity index (χ1n) is 4.96. The molecular weight excluding hydrogens is 172 g/mol. The van der Waals surface area contributed by atoms with Gasteiger partial charge in [-0.2, -0.15) is 0 Å². The third kappa shape index (κ3) is 1.29. The van der Waals surface area contributed by atoms with E-state index in [1.165, 1.54) is 5.56 Å². The Kier molecular flexibility index (Phi) is 2.03. The van der Waals surface area contributed by atoms with Gasteiger partial charge in [0.2, 0.25) is 0 Å². The van der Waals surface area contributed by atoms with E-state index >= 15 is 0 Å². The summed E-state index contributed by atoms with van der Waals surface area (Å²) in [6.45, 7) is 6.15. The van der Waals surface area contributed by atoms with Gasteiger partial charge in [-0.15, -0.1) is 0 Å². The van der Waals surface area contributed by atoms with Crippen LogP contribution in [0.1, 0.15) is 48.2 Å². The number of ketones is 1. The number of benzene rings is 1. The number of carbonyl (C=O) groups excluding carboxylic acids is 1. The second kappa shape index (κ2) is 3.09. The second-order valence-corrected chi connectivity index (χ2v) is 4.16. The predicted octanol–water partition coefficient (Wildman–Crippen LogP) is 3.41. The molecule has 0 aliphatic heterocycles. The van der Waals surface area contributed by atoms with Crippen molar-refractivity contribution in [2.75, 3.05) is 0 Å². The second-order valence-electron chi connectivity index (χ2n) is 4.16. The van der Waals surface area contributed by atoms with Crippen LogP contribution < -0.4 is 0 Å². The summed E-state index contributed by atoms with van der Waals surface area (Å²) >= 11 is 0. The van der Waals surface area contributed by atoms with Crippen LogP contribution in [0, 0.1) is 0 Å². The molecule has 72 valence electrons. The fourth-order valence-corrected chi connectivity index (χ4v) is 1.77. The number of carbonyl (C=O) groups is 1. The topological polar surface area (TPSA) is 17.1 Å². The normalized spacial score (nSPS) is 14.6. The standard InChI is InChI=1S/C13H14O/c1-8(2)10-4-5-11-6-9(3)13(14)12(11)7-10/h4-8H,1-3H3. The third-order valence-corrected chi connectivity index (χ3v) is 2.72. The largest absolute Gasteiger partial charge is 0.289 e. The van der Waals surface area contributed by atoms with E-state index < -0.39 is 0 Å². The van der Waals surface area contributed by atoms with Crippen molar-refractivity contribution in [2.45, 2.75) is 26.7 Å². The fourth-order valence-electron chi connectivity index (χ4n) is 1.77. The van der Waals surface area contributed by atoms with Gasteiger partial charge in [0.15, 0.2) is 5.78 Å². The van der Waals surface area contributed by atoms with Crippen molar-refractivity contribution >= 4 is 11.9 Å². The molecule has 0 amide bonds. The Hall–Kier alpha value is -1.37. The predicted molar refractivity (Wildman–Crippen MR) is 58.5 cm³/mol. The van der Waals surface area contributed by atoms with Crippen molar-refractivity contribution in [2.24, 2.45) is 0 Å². The number of rotatable bonds is 1. The summed E-state index contributed by atoms with van der Waals surface area (Å²) in [4.78, 5) is 11.7. The van der Waals surface area contributed by atoms with Gasteiger partial charge in [-0.05, 0) is 41.7 Å². The molecule has 1 aliphatic rings. The summed E-state index contributed by atoms with van der Waals surface area (Å²) in [5.41, 5.74) is 4.02. The van der Waals surface area contributed by atoms with Gasteiger partial charge in [0.1, 0.15) is 0 Å². The quantitative estimate of drug-likeness (QED) is 0.656. The van der Waals surface area contributed by atoms with Gasteiger partial charge in [-0.25, -0.2) is 0 Å². The zero-order chi connectivity index (χ0) is 10.3. The summed E-state index contributed by atoms with van der Waals surface area (Å²) < 4.78 is 0. The van der Waals surface area contributed by atoms with Crippen molar-refractivity contribution < 1.29 is 4.79 Å². The van der Waals surface area contributed by atoms with Crippen molar-refractivity contribution in [3.05, 3.63) is 40.5 Å². The average Bonchev–Trinajstić information content (AvgIpc) is 2.43. The number of hydrogen-bond acceptors (Lipinski definition) is 1. The molecule has 0 aromatic heterocycles. The van der Waals surface area contributed by atoms with Crippen LogP contribution in [-0.4, -0.2) is 5.78 Å². The zero-order valence-electron chi connectivity index (χ0n) is 8.79. The molecule has 0 radical (unpaired) electrons. The monoisotopic (exact) mass is 186 g/mol. The van der Waals surface area contributed by atoms with E-state index in [-0.39, 0.29) is 5.78 Å². The smallest absolute Gasteiger partial charge is 0.189 e. The number of hydrogen-bond donors (Lipinski definition) is 0. The van der Waals surface area contributed by atoms with Crippen LogP contribution in [0.4, 0.5) is 0 Å². The molecule has 1 aromatic carbocycles. The molecular formula is C13H14O. The average molecular weight is 186 g/mol. The van der Waals surface area contributed by atoms with E-state index in [1.807, 2.05) is 25.1 Å². The Bertz CT molecular complexity index is 425. The maximum Gasteiger partial charge on any atom is 0.189 e. The molecule has 1 aliphatic carbocycles. The first-order valence-corrected chi connectivity index (χ1v) is 4.96. The van der Waals surface area contributed by atoms with Gasteiger partial charge in [0.25, 0.3) is 0 Å². The van der Waals surface area contributed by atoms with Crippen LogP contribution in [0.15, 0.2) is 23.8 Å². The molecule has 1 heteroatoms. The highest BCUT2D eigenvalue weighted by Crippen LogP contribution is 2.27. The highest BCUT2D eigenvalue weighted by molar-refractivity contribution is 6.17. The van der Waals surface area contributed by atoms with Gasteiger partial charge in [-0.1, -0.05) is 26.0 Å². The highest BCUT2D eigenvalue weighted by atomic mass is 16.1. The SMILES string of the molecule is CC1=Cc2ccc(C(C)C)cc2C1=O. The van der Waals surface area contributed by atoms with E-state index in [9.17, 15) is 4.79 Å². The van der Waals surface area contributed by atoms with Crippen LogP contribution >= 0.6 is 0 Å². The molecule has 0 N–H and O–H groups in total. The van der Waals surface area contributed by atoms with Gasteiger partial charge in [0.05, 0.1) is 0 Å². The summed E-state index contributed by atoms with van der Waals surface area (Å²) in [7, 11) is 0. The Balaban J connectivity index is 2.52. The lowest BCUT2D eigenvalue weighted by Gasteiger charge is -2.06. The molecule has 0 bridgehead atoms. The lowest BCUT2D eigenvalue weighted by molar-refractivity contribution is 0.103. The minimum atomic E-state index is 0.183. The molecule has 0 unspecified atom stereocenters. The number of allylic oxidation sites excluding steroid dienone is 1. The van der Waals surface area contributed by atoms with Crippen LogP contribution in [0.25, 0.3) is 6.08 Å². The lowest BCUT2D eigenvalue weighted by Crippen LogP contribution is -1.98. The number of fused-ring (bicyclic) bond motifs is 1. The molecule has 0 atom stereocenters. The molecule has 0 saturated carbocycles. The van der Waals surface area contributed by atoms with Gasteiger partial charge < -0.3 is 0 Å². The summed E-state index contributed by atoms with van der Waals surface area (Å²) in [5, 5.41) is 0. The molecule has 0 heterocycles. The lowest BCUT2D eigenvalue weighted by atomic mass is 9.98. The first kappa shape index (κ1) is 9.20. The summed E-state index contributed by atoms with van der Waals surface area (Å²) in [6, 6.07) is 6.17. The van der Waals surface area contributed by atoms with Crippen molar-refractivity contribution in [3.63, 3.8) is 0 Å². The van der Waals surface area contributed by atoms with E-state index in [0.717, 1.165) is 16.7 Å². The summed E-state index contributed by atoms with van der Waals surface area (Å²) in [6.07, 6.45) is 1.96. The third-order valence-electron chi connectivity index (χ3n) is 2.72. The Morgan fingerprint density at radius 3 is 2.57 bits per heavy atom. The maximum atomic E-state index is 11.7. The Morgan fingerprint density at radius 1 is 1.21 bits per heavy atom. The fraction of sp³-hybridized carbons (Fsp3) is 0.308. The van der Waals surface area contributed by atoms with Crippen molar-refractivity contribution in [3.8, 4) is 0 Å². The Labute approximate surface area is 84.5 Å². The van der Waals surface area contributed by atoms with Gasteiger partial charge in [-0.3, -0.25) is 4.79 Å². The minimum absolute atomic E-state index is 0.183. The van der Waals surface area contributed by atoms with Crippen LogP contribution in [0.3, 0.4) is 0 Å². The molecule has 2 rings (SSSR count). The molecule has 1 aromatic rings.